The van der Waals surface area contributed by atoms with Gasteiger partial charge in [-0.25, -0.2) is 0 Å². The topological polar surface area (TPSA) is 78.6 Å². The average Bonchev–Trinajstić information content (AvgIpc) is 2.78. The number of aryl methyl sites for hydroxylation is 1. The van der Waals surface area contributed by atoms with E-state index < -0.39 is 0 Å². The molecule has 0 spiro atoms. The Morgan fingerprint density at radius 2 is 1.57 bits per heavy atom. The Morgan fingerprint density at radius 3 is 2.20 bits per heavy atom. The van der Waals surface area contributed by atoms with Crippen molar-refractivity contribution in [2.24, 2.45) is 17.6 Å². The Morgan fingerprint density at radius 1 is 0.900 bits per heavy atom. The van der Waals surface area contributed by atoms with E-state index in [0.717, 1.165) is 36.8 Å². The standard InChI is InChI=1S/C24H29NO4.ClH/c25-16-19-6-11-21(12-7-19)24(27)29-22-13-8-18(9-14-22)10-15-23(26)28-17-20-4-2-1-3-5-20;/h1-5,8-9,13-14,19,21H,6-7,10-12,15-17,25H2;1H/t19-,21-;. The van der Waals surface area contributed by atoms with Gasteiger partial charge in [-0.05, 0) is 67.8 Å². The summed E-state index contributed by atoms with van der Waals surface area (Å²) in [6.07, 6.45) is 4.60. The fourth-order valence-corrected chi connectivity index (χ4v) is 3.61. The van der Waals surface area contributed by atoms with Crippen LogP contribution in [0.1, 0.15) is 43.2 Å². The molecule has 0 heterocycles. The van der Waals surface area contributed by atoms with Crippen molar-refractivity contribution in [1.29, 1.82) is 0 Å². The highest BCUT2D eigenvalue weighted by atomic mass is 35.5. The molecule has 5 nitrogen and oxygen atoms in total. The van der Waals surface area contributed by atoms with Gasteiger partial charge in [0.15, 0.2) is 0 Å². The summed E-state index contributed by atoms with van der Waals surface area (Å²) in [5.74, 6) is 0.677. The molecule has 1 aliphatic rings. The van der Waals surface area contributed by atoms with E-state index in [1.54, 1.807) is 12.1 Å². The van der Waals surface area contributed by atoms with Gasteiger partial charge in [0.05, 0.1) is 5.92 Å². The van der Waals surface area contributed by atoms with Gasteiger partial charge in [0.25, 0.3) is 0 Å². The van der Waals surface area contributed by atoms with Crippen molar-refractivity contribution < 1.29 is 19.1 Å². The smallest absolute Gasteiger partial charge is 0.314 e. The van der Waals surface area contributed by atoms with E-state index in [9.17, 15) is 9.59 Å². The number of esters is 2. The molecule has 1 aliphatic carbocycles. The second-order valence-corrected chi connectivity index (χ2v) is 7.66. The Balaban J connectivity index is 0.00000320. The minimum Gasteiger partial charge on any atom is -0.461 e. The third-order valence-electron chi connectivity index (χ3n) is 5.52. The van der Waals surface area contributed by atoms with E-state index in [0.29, 0.717) is 37.7 Å². The lowest BCUT2D eigenvalue weighted by atomic mass is 9.82. The van der Waals surface area contributed by atoms with Gasteiger partial charge in [-0.3, -0.25) is 9.59 Å². The van der Waals surface area contributed by atoms with Gasteiger partial charge in [0, 0.05) is 6.42 Å². The van der Waals surface area contributed by atoms with Crippen molar-refractivity contribution in [2.75, 3.05) is 6.54 Å². The highest BCUT2D eigenvalue weighted by molar-refractivity contribution is 5.85. The molecule has 0 saturated heterocycles. The molecule has 3 rings (SSSR count). The first-order chi connectivity index (χ1) is 14.1. The van der Waals surface area contributed by atoms with Crippen LogP contribution in [0, 0.1) is 11.8 Å². The van der Waals surface area contributed by atoms with Crippen molar-refractivity contribution >= 4 is 24.3 Å². The van der Waals surface area contributed by atoms with E-state index >= 15 is 0 Å². The number of rotatable bonds is 8. The molecule has 0 aromatic heterocycles. The largest absolute Gasteiger partial charge is 0.461 e. The number of hydrogen-bond donors (Lipinski definition) is 1. The molecular weight excluding hydrogens is 402 g/mol. The summed E-state index contributed by atoms with van der Waals surface area (Å²) in [6.45, 7) is 0.991. The molecule has 30 heavy (non-hydrogen) atoms. The van der Waals surface area contributed by atoms with E-state index in [1.165, 1.54) is 0 Å². The summed E-state index contributed by atoms with van der Waals surface area (Å²) in [4.78, 5) is 24.3. The van der Waals surface area contributed by atoms with Gasteiger partial charge >= 0.3 is 11.9 Å². The van der Waals surface area contributed by atoms with E-state index in [2.05, 4.69) is 0 Å². The number of halogens is 1. The number of carbonyl (C=O) groups excluding carboxylic acids is 2. The second-order valence-electron chi connectivity index (χ2n) is 7.66. The Hall–Kier alpha value is -2.37. The zero-order chi connectivity index (χ0) is 20.5. The van der Waals surface area contributed by atoms with Crippen LogP contribution in [0.3, 0.4) is 0 Å². The van der Waals surface area contributed by atoms with Crippen LogP contribution in [-0.4, -0.2) is 18.5 Å². The number of hydrogen-bond acceptors (Lipinski definition) is 5. The monoisotopic (exact) mass is 431 g/mol. The van der Waals surface area contributed by atoms with Crippen LogP contribution < -0.4 is 10.5 Å². The van der Waals surface area contributed by atoms with Crippen molar-refractivity contribution in [3.05, 3.63) is 65.7 Å². The molecule has 1 fully saturated rings. The van der Waals surface area contributed by atoms with Gasteiger partial charge in [-0.1, -0.05) is 42.5 Å². The molecule has 2 N–H and O–H groups in total. The highest BCUT2D eigenvalue weighted by Crippen LogP contribution is 2.29. The van der Waals surface area contributed by atoms with Crippen molar-refractivity contribution in [3.63, 3.8) is 0 Å². The predicted molar refractivity (Wildman–Crippen MR) is 118 cm³/mol. The summed E-state index contributed by atoms with van der Waals surface area (Å²) in [5, 5.41) is 0. The van der Waals surface area contributed by atoms with Gasteiger partial charge in [0.2, 0.25) is 0 Å². The fourth-order valence-electron chi connectivity index (χ4n) is 3.61. The maximum atomic E-state index is 12.3. The van der Waals surface area contributed by atoms with Crippen LogP contribution in [0.5, 0.6) is 5.75 Å². The van der Waals surface area contributed by atoms with E-state index in [4.69, 9.17) is 15.2 Å². The molecule has 162 valence electrons. The zero-order valence-corrected chi connectivity index (χ0v) is 17.9. The zero-order valence-electron chi connectivity index (χ0n) is 17.1. The minimum absolute atomic E-state index is 0. The molecule has 6 heteroatoms. The molecule has 0 radical (unpaired) electrons. The van der Waals surface area contributed by atoms with Gasteiger partial charge < -0.3 is 15.2 Å². The summed E-state index contributed by atoms with van der Waals surface area (Å²) in [6, 6.07) is 17.0. The third-order valence-corrected chi connectivity index (χ3v) is 5.52. The van der Waals surface area contributed by atoms with Crippen molar-refractivity contribution in [1.82, 2.24) is 0 Å². The molecule has 1 saturated carbocycles. The molecule has 0 atom stereocenters. The first kappa shape index (κ1) is 23.9. The fraction of sp³-hybridized carbons (Fsp3) is 0.417. The predicted octanol–water partition coefficient (Wildman–Crippen LogP) is 4.45. The lowest BCUT2D eigenvalue weighted by Gasteiger charge is -2.26. The average molecular weight is 432 g/mol. The van der Waals surface area contributed by atoms with Crippen LogP contribution in [0.4, 0.5) is 0 Å². The SMILES string of the molecule is Cl.NC[C@H]1CC[C@H](C(=O)Oc2ccc(CCC(=O)OCc3ccccc3)cc2)CC1. The first-order valence-electron chi connectivity index (χ1n) is 10.3. The minimum atomic E-state index is -0.225. The number of benzene rings is 2. The Bertz CT molecular complexity index is 787. The molecule has 0 bridgehead atoms. The van der Waals surface area contributed by atoms with Gasteiger partial charge in [0.1, 0.15) is 12.4 Å². The molecular formula is C24H30ClNO4. The lowest BCUT2D eigenvalue weighted by molar-refractivity contribution is -0.145. The summed E-state index contributed by atoms with van der Waals surface area (Å²) in [5.41, 5.74) is 7.68. The molecule has 0 aliphatic heterocycles. The second kappa shape index (κ2) is 12.4. The summed E-state index contributed by atoms with van der Waals surface area (Å²) < 4.78 is 10.8. The normalized spacial score (nSPS) is 18.2. The van der Waals surface area contributed by atoms with Crippen LogP contribution in [0.25, 0.3) is 0 Å². The van der Waals surface area contributed by atoms with E-state index in [1.807, 2.05) is 42.5 Å². The maximum Gasteiger partial charge on any atom is 0.314 e. The Labute approximate surface area is 184 Å². The summed E-state index contributed by atoms with van der Waals surface area (Å²) >= 11 is 0. The highest BCUT2D eigenvalue weighted by Gasteiger charge is 2.27. The van der Waals surface area contributed by atoms with Gasteiger partial charge in [-0.15, -0.1) is 12.4 Å². The Kier molecular flexibility index (Phi) is 9.84. The number of carbonyl (C=O) groups is 2. The quantitative estimate of drug-likeness (QED) is 0.493. The van der Waals surface area contributed by atoms with Crippen molar-refractivity contribution in [3.8, 4) is 5.75 Å². The van der Waals surface area contributed by atoms with E-state index in [-0.39, 0.29) is 30.3 Å². The molecule has 2 aromatic rings. The van der Waals surface area contributed by atoms with Gasteiger partial charge in [-0.2, -0.15) is 0 Å². The lowest BCUT2D eigenvalue weighted by Crippen LogP contribution is -2.28. The number of nitrogens with two attached hydrogens (primary N) is 1. The number of ether oxygens (including phenoxy) is 2. The van der Waals surface area contributed by atoms with Crippen LogP contribution in [0.2, 0.25) is 0 Å². The molecule has 0 unspecified atom stereocenters. The maximum absolute atomic E-state index is 12.3. The molecule has 2 aromatic carbocycles. The van der Waals surface area contributed by atoms with Crippen LogP contribution >= 0.6 is 12.4 Å². The van der Waals surface area contributed by atoms with Crippen molar-refractivity contribution in [2.45, 2.75) is 45.1 Å². The third kappa shape index (κ3) is 7.47. The molecule has 0 amide bonds. The van der Waals surface area contributed by atoms with Crippen LogP contribution in [-0.2, 0) is 27.4 Å². The summed E-state index contributed by atoms with van der Waals surface area (Å²) in [7, 11) is 0. The first-order valence-corrected chi connectivity index (χ1v) is 10.3. The van der Waals surface area contributed by atoms with Crippen LogP contribution in [0.15, 0.2) is 54.6 Å².